The molecule has 4 heterocycles. The number of halogens is 1. The van der Waals surface area contributed by atoms with Crippen LogP contribution in [0.15, 0.2) is 72.8 Å². The van der Waals surface area contributed by atoms with E-state index >= 15 is 4.39 Å². The third-order valence-corrected chi connectivity index (χ3v) is 9.11. The summed E-state index contributed by atoms with van der Waals surface area (Å²) in [5.74, 6) is 7.83. The molecule has 0 amide bonds. The molecule has 0 aliphatic carbocycles. The fourth-order valence-electron chi connectivity index (χ4n) is 6.19. The van der Waals surface area contributed by atoms with Crippen molar-refractivity contribution in [2.45, 2.75) is 65.3 Å². The van der Waals surface area contributed by atoms with E-state index in [0.717, 1.165) is 42.5 Å². The first-order valence-corrected chi connectivity index (χ1v) is 15.4. The SMILES string of the molecule is Cc1cccc([C@@]2(C)CCCCC(C)(C)/C(N)=C/N(N)Cc3c(c(F)cc4[nH]ccc34)Oc3ccnc(c3)-c3nc2nn3C)c1. The predicted octanol–water partition coefficient (Wildman–Crippen LogP) is 6.98. The molecule has 10 heteroatoms. The fourth-order valence-corrected chi connectivity index (χ4v) is 6.19. The van der Waals surface area contributed by atoms with Crippen molar-refractivity contribution in [1.29, 1.82) is 0 Å². The van der Waals surface area contributed by atoms with Crippen molar-refractivity contribution < 1.29 is 9.13 Å². The zero-order valence-corrected chi connectivity index (χ0v) is 26.6. The van der Waals surface area contributed by atoms with Gasteiger partial charge in [0.25, 0.3) is 0 Å². The van der Waals surface area contributed by atoms with Gasteiger partial charge in [-0.05, 0) is 44.4 Å². The molecule has 4 bridgehead atoms. The summed E-state index contributed by atoms with van der Waals surface area (Å²) >= 11 is 0. The minimum absolute atomic E-state index is 0.0875. The number of rotatable bonds is 1. The predicted molar refractivity (Wildman–Crippen MR) is 174 cm³/mol. The highest BCUT2D eigenvalue weighted by Crippen LogP contribution is 2.40. The second-order valence-electron chi connectivity index (χ2n) is 13.0. The van der Waals surface area contributed by atoms with Crippen LogP contribution in [0, 0.1) is 18.2 Å². The molecular formula is C35H41FN8O. The number of hydrogen-bond acceptors (Lipinski definition) is 7. The third kappa shape index (κ3) is 5.90. The number of hydrazine groups is 1. The lowest BCUT2D eigenvalue weighted by Crippen LogP contribution is -2.30. The van der Waals surface area contributed by atoms with E-state index in [2.05, 4.69) is 61.9 Å². The maximum atomic E-state index is 15.7. The Hall–Kier alpha value is -4.70. The molecule has 3 aromatic heterocycles. The van der Waals surface area contributed by atoms with Gasteiger partial charge >= 0.3 is 0 Å². The quantitative estimate of drug-likeness (QED) is 0.175. The van der Waals surface area contributed by atoms with Crippen LogP contribution >= 0.6 is 0 Å². The molecule has 6 rings (SSSR count). The molecule has 0 saturated carbocycles. The van der Waals surface area contributed by atoms with E-state index in [1.54, 1.807) is 35.4 Å². The van der Waals surface area contributed by atoms with E-state index < -0.39 is 11.2 Å². The zero-order valence-electron chi connectivity index (χ0n) is 26.6. The van der Waals surface area contributed by atoms with Gasteiger partial charge in [-0.2, -0.15) is 5.10 Å². The molecule has 0 spiro atoms. The van der Waals surface area contributed by atoms with Crippen molar-refractivity contribution in [3.05, 3.63) is 101 Å². The summed E-state index contributed by atoms with van der Waals surface area (Å²) in [6, 6.07) is 15.3. The Morgan fingerprint density at radius 3 is 2.64 bits per heavy atom. The Kier molecular flexibility index (Phi) is 7.86. The highest BCUT2D eigenvalue weighted by Gasteiger charge is 2.34. The fraction of sp³-hybridized carbons (Fsp3) is 0.343. The summed E-state index contributed by atoms with van der Waals surface area (Å²) in [7, 11) is 1.87. The van der Waals surface area contributed by atoms with Gasteiger partial charge in [0, 0.05) is 65.4 Å². The van der Waals surface area contributed by atoms with E-state index in [0.29, 0.717) is 34.0 Å². The van der Waals surface area contributed by atoms with E-state index in [1.807, 2.05) is 13.1 Å². The maximum absolute atomic E-state index is 15.7. The minimum atomic E-state index is -0.509. The molecule has 0 saturated heterocycles. The largest absolute Gasteiger partial charge is 0.454 e. The summed E-state index contributed by atoms with van der Waals surface area (Å²) < 4.78 is 23.7. The summed E-state index contributed by atoms with van der Waals surface area (Å²) in [6.07, 6.45) is 8.76. The molecule has 0 unspecified atom stereocenters. The number of aromatic amines is 1. The Morgan fingerprint density at radius 2 is 1.84 bits per heavy atom. The molecule has 5 aromatic rings. The summed E-state index contributed by atoms with van der Waals surface area (Å²) in [5.41, 5.74) is 10.7. The molecule has 1 atom stereocenters. The van der Waals surface area contributed by atoms with Gasteiger partial charge in [0.2, 0.25) is 0 Å². The standard InChI is InChI=1S/C35H41FN8O/c1-22-9-8-10-23(17-22)35(4)14-7-6-13-34(2,3)30(37)21-44(38)20-26-25-12-16-39-28(25)19-27(36)31(26)45-24-11-15-40-29(18-24)32-41-33(35)42-43(32)5/h8-12,15-19,21,39H,6-7,13-14,20,37-38H2,1-5H3/b30-21-/t35-/m1/s1. The monoisotopic (exact) mass is 608 g/mol. The molecular weight excluding hydrogens is 567 g/mol. The van der Waals surface area contributed by atoms with Gasteiger partial charge < -0.3 is 20.5 Å². The van der Waals surface area contributed by atoms with Crippen LogP contribution in [0.25, 0.3) is 22.4 Å². The van der Waals surface area contributed by atoms with Crippen LogP contribution in [0.1, 0.15) is 69.0 Å². The second kappa shape index (κ2) is 11.7. The molecule has 0 radical (unpaired) electrons. The Bertz CT molecular complexity index is 1890. The first-order chi connectivity index (χ1) is 21.4. The first-order valence-electron chi connectivity index (χ1n) is 15.4. The molecule has 9 nitrogen and oxygen atoms in total. The average molecular weight is 609 g/mol. The first kappa shape index (κ1) is 30.3. The molecule has 2 aromatic carbocycles. The van der Waals surface area contributed by atoms with Crippen LogP contribution < -0.4 is 16.3 Å². The Morgan fingerprint density at radius 1 is 1.04 bits per heavy atom. The molecule has 45 heavy (non-hydrogen) atoms. The number of hydrogen-bond donors (Lipinski definition) is 3. The second-order valence-corrected chi connectivity index (χ2v) is 13.0. The lowest BCUT2D eigenvalue weighted by Gasteiger charge is -2.30. The van der Waals surface area contributed by atoms with E-state index in [9.17, 15) is 0 Å². The normalized spacial score (nSPS) is 20.3. The van der Waals surface area contributed by atoms with Gasteiger partial charge in [-0.3, -0.25) is 4.98 Å². The van der Waals surface area contributed by atoms with Crippen molar-refractivity contribution in [1.82, 2.24) is 29.7 Å². The smallest absolute Gasteiger partial charge is 0.176 e. The molecule has 1 aliphatic rings. The number of aromatic nitrogens is 5. The number of fused-ring (bicyclic) bond motifs is 8. The van der Waals surface area contributed by atoms with Crippen molar-refractivity contribution in [3.8, 4) is 23.0 Å². The summed E-state index contributed by atoms with van der Waals surface area (Å²) in [6.45, 7) is 8.75. The van der Waals surface area contributed by atoms with Crippen LogP contribution in [0.5, 0.6) is 11.5 Å². The zero-order chi connectivity index (χ0) is 31.9. The number of nitrogens with zero attached hydrogens (tertiary/aromatic N) is 5. The Labute approximate surface area is 263 Å². The summed E-state index contributed by atoms with van der Waals surface area (Å²) in [4.78, 5) is 12.8. The minimum Gasteiger partial charge on any atom is -0.454 e. The molecule has 0 fully saturated rings. The van der Waals surface area contributed by atoms with E-state index in [1.165, 1.54) is 16.6 Å². The average Bonchev–Trinajstić information content (AvgIpc) is 3.63. The number of H-pyrrole nitrogens is 1. The topological polar surface area (TPSA) is 124 Å². The van der Waals surface area contributed by atoms with Crippen LogP contribution in [0.3, 0.4) is 0 Å². The van der Waals surface area contributed by atoms with Crippen LogP contribution in [0.4, 0.5) is 4.39 Å². The van der Waals surface area contributed by atoms with Crippen LogP contribution in [-0.4, -0.2) is 29.7 Å². The van der Waals surface area contributed by atoms with Gasteiger partial charge in [0.15, 0.2) is 23.2 Å². The van der Waals surface area contributed by atoms with Gasteiger partial charge in [-0.1, -0.05) is 56.5 Å². The number of pyridine rings is 1. The molecule has 1 aliphatic heterocycles. The number of nitrogens with two attached hydrogens (primary N) is 2. The number of allylic oxidation sites excluding steroid dienone is 1. The van der Waals surface area contributed by atoms with Gasteiger partial charge in [-0.25, -0.2) is 19.9 Å². The lowest BCUT2D eigenvalue weighted by atomic mass is 9.75. The highest BCUT2D eigenvalue weighted by atomic mass is 19.1. The van der Waals surface area contributed by atoms with Gasteiger partial charge in [0.05, 0.1) is 12.0 Å². The van der Waals surface area contributed by atoms with Crippen molar-refractivity contribution in [3.63, 3.8) is 0 Å². The number of benzene rings is 2. The van der Waals surface area contributed by atoms with E-state index in [4.69, 9.17) is 26.4 Å². The van der Waals surface area contributed by atoms with Crippen molar-refractivity contribution >= 4 is 10.9 Å². The van der Waals surface area contributed by atoms with E-state index in [-0.39, 0.29) is 17.7 Å². The maximum Gasteiger partial charge on any atom is 0.176 e. The number of nitrogens with one attached hydrogen (secondary N) is 1. The number of aryl methyl sites for hydroxylation is 2. The highest BCUT2D eigenvalue weighted by molar-refractivity contribution is 5.85. The van der Waals surface area contributed by atoms with Crippen molar-refractivity contribution in [2.24, 2.45) is 24.0 Å². The summed E-state index contributed by atoms with van der Waals surface area (Å²) in [5, 5.41) is 7.25. The lowest BCUT2D eigenvalue weighted by molar-refractivity contribution is 0.332. The van der Waals surface area contributed by atoms with Crippen molar-refractivity contribution in [2.75, 3.05) is 0 Å². The molecule has 5 N–H and O–H groups in total. The molecule has 234 valence electrons. The van der Waals surface area contributed by atoms with Crippen LogP contribution in [-0.2, 0) is 19.0 Å². The van der Waals surface area contributed by atoms with Crippen LogP contribution in [0.2, 0.25) is 0 Å². The van der Waals surface area contributed by atoms with Gasteiger partial charge in [-0.15, -0.1) is 0 Å². The third-order valence-electron chi connectivity index (χ3n) is 9.11. The van der Waals surface area contributed by atoms with Gasteiger partial charge in [0.1, 0.15) is 11.4 Å². The Balaban J connectivity index is 1.50. The number of ether oxygens (including phenoxy) is 1.